The van der Waals surface area contributed by atoms with Gasteiger partial charge in [-0.1, -0.05) is 18.2 Å². The fourth-order valence-electron chi connectivity index (χ4n) is 3.23. The summed E-state index contributed by atoms with van der Waals surface area (Å²) < 4.78 is 24.9. The quantitative estimate of drug-likeness (QED) is 0.625. The molecule has 0 aromatic heterocycles. The third-order valence-electron chi connectivity index (χ3n) is 5.11. The van der Waals surface area contributed by atoms with Gasteiger partial charge in [0, 0.05) is 45.3 Å². The van der Waals surface area contributed by atoms with E-state index in [0.29, 0.717) is 11.4 Å². The van der Waals surface area contributed by atoms with Crippen molar-refractivity contribution in [3.05, 3.63) is 30.3 Å². The molecule has 2 amide bonds. The molecule has 0 bridgehead atoms. The van der Waals surface area contributed by atoms with Crippen LogP contribution in [0, 0.1) is 0 Å². The number of hydrogen-bond acceptors (Lipinski definition) is 5. The number of piperazine rings is 1. The predicted octanol–water partition coefficient (Wildman–Crippen LogP) is 1.52. The highest BCUT2D eigenvalue weighted by Crippen LogP contribution is 2.11. The van der Waals surface area contributed by atoms with E-state index in [4.69, 9.17) is 0 Å². The van der Waals surface area contributed by atoms with Crippen molar-refractivity contribution in [1.29, 1.82) is 0 Å². The number of hydrogen-bond donors (Lipinski definition) is 1. The molecular formula is C20H34N4O3S. The third-order valence-corrected chi connectivity index (χ3v) is 6.82. The first-order valence-corrected chi connectivity index (χ1v) is 11.7. The second-order valence-electron chi connectivity index (χ2n) is 7.65. The molecule has 8 heteroatoms. The van der Waals surface area contributed by atoms with E-state index in [9.17, 15) is 13.2 Å². The van der Waals surface area contributed by atoms with Gasteiger partial charge in [0.25, 0.3) is 0 Å². The summed E-state index contributed by atoms with van der Waals surface area (Å²) in [5.74, 6) is -0.0795. The lowest BCUT2D eigenvalue weighted by Crippen LogP contribution is -2.47. The maximum absolute atomic E-state index is 12.5. The Morgan fingerprint density at radius 3 is 2.39 bits per heavy atom. The number of amides is 2. The normalized spacial score (nSPS) is 16.3. The Kier molecular flexibility index (Phi) is 8.72. The molecule has 28 heavy (non-hydrogen) atoms. The van der Waals surface area contributed by atoms with Crippen molar-refractivity contribution in [2.24, 2.45) is 0 Å². The molecule has 0 aliphatic carbocycles. The molecule has 1 aromatic rings. The number of nitrogens with one attached hydrogen (secondary N) is 1. The minimum atomic E-state index is -3.40. The van der Waals surface area contributed by atoms with E-state index in [1.165, 1.54) is 0 Å². The molecule has 1 aliphatic heterocycles. The van der Waals surface area contributed by atoms with E-state index < -0.39 is 9.84 Å². The van der Waals surface area contributed by atoms with Crippen LogP contribution in [-0.4, -0.2) is 93.8 Å². The van der Waals surface area contributed by atoms with Crippen LogP contribution >= 0.6 is 0 Å². The number of sulfone groups is 1. The van der Waals surface area contributed by atoms with Crippen molar-refractivity contribution < 1.29 is 13.2 Å². The lowest BCUT2D eigenvalue weighted by molar-refractivity contribution is 0.152. The van der Waals surface area contributed by atoms with E-state index in [0.717, 1.165) is 39.1 Å². The first-order valence-electron chi connectivity index (χ1n) is 10.0. The van der Waals surface area contributed by atoms with E-state index in [1.54, 1.807) is 35.2 Å². The monoisotopic (exact) mass is 410 g/mol. The van der Waals surface area contributed by atoms with Crippen LogP contribution in [0.15, 0.2) is 35.2 Å². The summed E-state index contributed by atoms with van der Waals surface area (Å²) in [5, 5.41) is 2.94. The van der Waals surface area contributed by atoms with Crippen LogP contribution in [0.4, 0.5) is 4.79 Å². The molecule has 1 aromatic carbocycles. The van der Waals surface area contributed by atoms with Gasteiger partial charge in [0.2, 0.25) is 0 Å². The molecule has 1 saturated heterocycles. The number of urea groups is 1. The maximum Gasteiger partial charge on any atom is 0.317 e. The second-order valence-corrected chi connectivity index (χ2v) is 9.76. The summed E-state index contributed by atoms with van der Waals surface area (Å²) in [4.78, 5) is 19.2. The first-order chi connectivity index (χ1) is 13.3. The van der Waals surface area contributed by atoms with Gasteiger partial charge in [-0.15, -0.1) is 0 Å². The number of carbonyl (C=O) groups is 1. The number of likely N-dealkylation sites (N-methyl/N-ethyl adjacent to an activating group) is 1. The minimum Gasteiger partial charge on any atom is -0.338 e. The molecule has 0 atom stereocenters. The van der Waals surface area contributed by atoms with Gasteiger partial charge in [-0.05, 0) is 46.0 Å². The van der Waals surface area contributed by atoms with Crippen LogP contribution in [0.25, 0.3) is 0 Å². The van der Waals surface area contributed by atoms with E-state index in [-0.39, 0.29) is 24.4 Å². The zero-order valence-electron chi connectivity index (χ0n) is 17.3. The zero-order valence-corrected chi connectivity index (χ0v) is 18.1. The van der Waals surface area contributed by atoms with Crippen molar-refractivity contribution in [2.75, 3.05) is 58.6 Å². The third kappa shape index (κ3) is 7.07. The molecule has 158 valence electrons. The van der Waals surface area contributed by atoms with Gasteiger partial charge in [0.05, 0.1) is 10.6 Å². The maximum atomic E-state index is 12.5. The summed E-state index contributed by atoms with van der Waals surface area (Å²) in [6.45, 7) is 9.86. The molecule has 0 unspecified atom stereocenters. The van der Waals surface area contributed by atoms with Crippen LogP contribution in [0.5, 0.6) is 0 Å². The standard InChI is InChI=1S/C20H34N4O3S/c1-18(2)24(16-17-28(26,27)19-8-5-4-6-9-19)20(25)21-10-7-11-23-14-12-22(3)13-15-23/h4-6,8-9,18H,7,10-17H2,1-3H3,(H,21,25). The number of carbonyl (C=O) groups excluding carboxylic acids is 1. The molecule has 0 saturated carbocycles. The molecule has 1 aliphatic rings. The lowest BCUT2D eigenvalue weighted by Gasteiger charge is -2.32. The minimum absolute atomic E-state index is 0.0661. The molecule has 2 rings (SSSR count). The SMILES string of the molecule is CC(C)N(CCS(=O)(=O)c1ccccc1)C(=O)NCCCN1CCN(C)CC1. The van der Waals surface area contributed by atoms with E-state index >= 15 is 0 Å². The number of rotatable bonds is 9. The van der Waals surface area contributed by atoms with Crippen LogP contribution in [0.1, 0.15) is 20.3 Å². The second kappa shape index (κ2) is 10.8. The van der Waals surface area contributed by atoms with Crippen molar-refractivity contribution in [3.8, 4) is 0 Å². The van der Waals surface area contributed by atoms with Crippen molar-refractivity contribution in [1.82, 2.24) is 20.0 Å². The molecule has 0 spiro atoms. The van der Waals surface area contributed by atoms with E-state index in [1.807, 2.05) is 13.8 Å². The summed E-state index contributed by atoms with van der Waals surface area (Å²) in [7, 11) is -1.26. The molecule has 0 radical (unpaired) electrons. The fourth-order valence-corrected chi connectivity index (χ4v) is 4.47. The van der Waals surface area contributed by atoms with Gasteiger partial charge in [-0.25, -0.2) is 13.2 Å². The van der Waals surface area contributed by atoms with Gasteiger partial charge in [-0.2, -0.15) is 0 Å². The first kappa shape index (κ1) is 22.6. The predicted molar refractivity (Wildman–Crippen MR) is 112 cm³/mol. The van der Waals surface area contributed by atoms with Crippen LogP contribution < -0.4 is 5.32 Å². The Balaban J connectivity index is 1.77. The zero-order chi connectivity index (χ0) is 20.6. The average molecular weight is 411 g/mol. The Bertz CT molecular complexity index is 701. The van der Waals surface area contributed by atoms with E-state index in [2.05, 4.69) is 22.2 Å². The van der Waals surface area contributed by atoms with Crippen molar-refractivity contribution in [3.63, 3.8) is 0 Å². The number of benzene rings is 1. The van der Waals surface area contributed by atoms with Gasteiger partial charge in [-0.3, -0.25) is 0 Å². The topological polar surface area (TPSA) is 73.0 Å². The van der Waals surface area contributed by atoms with Crippen LogP contribution in [0.3, 0.4) is 0 Å². The highest BCUT2D eigenvalue weighted by Gasteiger charge is 2.21. The van der Waals surface area contributed by atoms with Crippen molar-refractivity contribution >= 4 is 15.9 Å². The summed E-state index contributed by atoms with van der Waals surface area (Å²) in [6, 6.07) is 8.12. The Labute approximate surface area is 169 Å². The molecule has 7 nitrogen and oxygen atoms in total. The smallest absolute Gasteiger partial charge is 0.317 e. The largest absolute Gasteiger partial charge is 0.338 e. The lowest BCUT2D eigenvalue weighted by atomic mass is 10.3. The van der Waals surface area contributed by atoms with Gasteiger partial charge >= 0.3 is 6.03 Å². The molecule has 1 fully saturated rings. The molecular weight excluding hydrogens is 376 g/mol. The highest BCUT2D eigenvalue weighted by molar-refractivity contribution is 7.91. The average Bonchev–Trinajstić information content (AvgIpc) is 2.67. The van der Waals surface area contributed by atoms with Gasteiger partial charge in [0.1, 0.15) is 0 Å². The Morgan fingerprint density at radius 2 is 1.79 bits per heavy atom. The van der Waals surface area contributed by atoms with Gasteiger partial charge < -0.3 is 20.0 Å². The molecule has 1 N–H and O–H groups in total. The highest BCUT2D eigenvalue weighted by atomic mass is 32.2. The van der Waals surface area contributed by atoms with Gasteiger partial charge in [0.15, 0.2) is 9.84 Å². The Morgan fingerprint density at radius 1 is 1.14 bits per heavy atom. The summed E-state index contributed by atoms with van der Waals surface area (Å²) in [6.07, 6.45) is 0.893. The Hall–Kier alpha value is -1.64. The van der Waals surface area contributed by atoms with Crippen molar-refractivity contribution in [2.45, 2.75) is 31.2 Å². The summed E-state index contributed by atoms with van der Waals surface area (Å²) in [5.41, 5.74) is 0. The summed E-state index contributed by atoms with van der Waals surface area (Å²) >= 11 is 0. The molecule has 1 heterocycles. The number of nitrogens with zero attached hydrogens (tertiary/aromatic N) is 3. The van der Waals surface area contributed by atoms with Crippen LogP contribution in [-0.2, 0) is 9.84 Å². The van der Waals surface area contributed by atoms with Crippen LogP contribution in [0.2, 0.25) is 0 Å². The fraction of sp³-hybridized carbons (Fsp3) is 0.650.